The summed E-state index contributed by atoms with van der Waals surface area (Å²) in [5, 5.41) is 7.84. The highest BCUT2D eigenvalue weighted by Crippen LogP contribution is 2.25. The molecule has 102 valence electrons. The van der Waals surface area contributed by atoms with Crippen LogP contribution in [0.5, 0.6) is 0 Å². The molecule has 0 aliphatic rings. The number of thiazole rings is 1. The van der Waals surface area contributed by atoms with Crippen molar-refractivity contribution in [3.05, 3.63) is 35.1 Å². The molecule has 0 unspecified atom stereocenters. The molecule has 0 aliphatic heterocycles. The Morgan fingerprint density at radius 1 is 1.45 bits per heavy atom. The number of nitrogens with two attached hydrogens (primary N) is 1. The van der Waals surface area contributed by atoms with Crippen molar-refractivity contribution >= 4 is 38.8 Å². The zero-order valence-corrected chi connectivity index (χ0v) is 11.9. The molecule has 2 aromatic heterocycles. The number of rotatable bonds is 2. The topological polar surface area (TPSA) is 85.8 Å². The molecule has 0 saturated carbocycles. The summed E-state index contributed by atoms with van der Waals surface area (Å²) < 4.78 is 2.55. The standard InChI is InChI=1S/C13H13N5OS/c1-7-15-10-4-3-8(5-11(10)20-7)16-13(19)12-9(14)6-18(2)17-12/h3-6H,14H2,1-2H3,(H,16,19). The molecule has 1 amide bonds. The van der Waals surface area contributed by atoms with Crippen molar-refractivity contribution in [1.82, 2.24) is 14.8 Å². The number of aryl methyl sites for hydroxylation is 2. The first-order valence-corrected chi connectivity index (χ1v) is 6.82. The maximum absolute atomic E-state index is 12.1. The number of fused-ring (bicyclic) bond motifs is 1. The number of carbonyl (C=O) groups is 1. The first kappa shape index (κ1) is 12.6. The van der Waals surface area contributed by atoms with E-state index in [9.17, 15) is 4.79 Å². The molecule has 0 fully saturated rings. The molecule has 3 aromatic rings. The van der Waals surface area contributed by atoms with Crippen LogP contribution < -0.4 is 11.1 Å². The Morgan fingerprint density at radius 2 is 2.25 bits per heavy atom. The predicted molar refractivity (Wildman–Crippen MR) is 79.9 cm³/mol. The van der Waals surface area contributed by atoms with E-state index in [1.807, 2.05) is 25.1 Å². The van der Waals surface area contributed by atoms with Gasteiger partial charge in [-0.25, -0.2) is 4.98 Å². The van der Waals surface area contributed by atoms with Crippen molar-refractivity contribution in [1.29, 1.82) is 0 Å². The van der Waals surface area contributed by atoms with Gasteiger partial charge in [-0.2, -0.15) is 5.10 Å². The molecule has 0 saturated heterocycles. The number of benzene rings is 1. The van der Waals surface area contributed by atoms with Crippen molar-refractivity contribution < 1.29 is 4.79 Å². The number of nitrogens with zero attached hydrogens (tertiary/aromatic N) is 3. The van der Waals surface area contributed by atoms with Gasteiger partial charge in [0.05, 0.1) is 20.9 Å². The Balaban J connectivity index is 1.88. The smallest absolute Gasteiger partial charge is 0.278 e. The number of nitrogens with one attached hydrogen (secondary N) is 1. The van der Waals surface area contributed by atoms with Crippen molar-refractivity contribution in [2.24, 2.45) is 7.05 Å². The van der Waals surface area contributed by atoms with Crippen LogP contribution in [0.2, 0.25) is 0 Å². The van der Waals surface area contributed by atoms with Gasteiger partial charge in [0, 0.05) is 18.9 Å². The fourth-order valence-electron chi connectivity index (χ4n) is 1.99. The van der Waals surface area contributed by atoms with Crippen LogP contribution in [0.25, 0.3) is 10.2 Å². The van der Waals surface area contributed by atoms with Crippen LogP contribution in [0, 0.1) is 6.92 Å². The highest BCUT2D eigenvalue weighted by atomic mass is 32.1. The number of carbonyl (C=O) groups excluding carboxylic acids is 1. The summed E-state index contributed by atoms with van der Waals surface area (Å²) in [4.78, 5) is 16.5. The van der Waals surface area contributed by atoms with E-state index in [-0.39, 0.29) is 11.6 Å². The number of aromatic nitrogens is 3. The summed E-state index contributed by atoms with van der Waals surface area (Å²) in [6.45, 7) is 1.96. The van der Waals surface area contributed by atoms with Gasteiger partial charge in [-0.1, -0.05) is 0 Å². The molecular weight excluding hydrogens is 274 g/mol. The maximum atomic E-state index is 12.1. The zero-order valence-electron chi connectivity index (χ0n) is 11.0. The van der Waals surface area contributed by atoms with Gasteiger partial charge in [0.25, 0.3) is 5.91 Å². The van der Waals surface area contributed by atoms with Crippen LogP contribution in [0.1, 0.15) is 15.5 Å². The molecule has 7 heteroatoms. The quantitative estimate of drug-likeness (QED) is 0.756. The fraction of sp³-hybridized carbons (Fsp3) is 0.154. The summed E-state index contributed by atoms with van der Waals surface area (Å²) in [6.07, 6.45) is 1.60. The molecule has 6 nitrogen and oxygen atoms in total. The minimum atomic E-state index is -0.316. The Labute approximate surface area is 119 Å². The van der Waals surface area contributed by atoms with Crippen LogP contribution in [-0.2, 0) is 7.05 Å². The highest BCUT2D eigenvalue weighted by molar-refractivity contribution is 7.18. The maximum Gasteiger partial charge on any atom is 0.278 e. The van der Waals surface area contributed by atoms with E-state index in [4.69, 9.17) is 5.73 Å². The Hall–Kier alpha value is -2.41. The van der Waals surface area contributed by atoms with Gasteiger partial charge in [0.15, 0.2) is 5.69 Å². The lowest BCUT2D eigenvalue weighted by atomic mass is 10.3. The molecular formula is C13H13N5OS. The lowest BCUT2D eigenvalue weighted by molar-refractivity contribution is 0.102. The normalized spacial score (nSPS) is 10.9. The third kappa shape index (κ3) is 2.23. The van der Waals surface area contributed by atoms with Gasteiger partial charge >= 0.3 is 0 Å². The van der Waals surface area contributed by atoms with Crippen molar-refractivity contribution in [3.8, 4) is 0 Å². The minimum Gasteiger partial charge on any atom is -0.396 e. The molecule has 0 radical (unpaired) electrons. The number of hydrogen-bond acceptors (Lipinski definition) is 5. The molecule has 3 N–H and O–H groups in total. The van der Waals surface area contributed by atoms with Gasteiger partial charge in [0.1, 0.15) is 0 Å². The van der Waals surface area contributed by atoms with Crippen molar-refractivity contribution in [2.45, 2.75) is 6.92 Å². The van der Waals surface area contributed by atoms with Gasteiger partial charge in [-0.3, -0.25) is 9.48 Å². The number of anilines is 2. The van der Waals surface area contributed by atoms with Crippen molar-refractivity contribution in [3.63, 3.8) is 0 Å². The average Bonchev–Trinajstić information content (AvgIpc) is 2.90. The second-order valence-electron chi connectivity index (χ2n) is 4.48. The van der Waals surface area contributed by atoms with E-state index < -0.39 is 0 Å². The lowest BCUT2D eigenvalue weighted by Gasteiger charge is -2.03. The summed E-state index contributed by atoms with van der Waals surface area (Å²) in [5.41, 5.74) is 7.97. The number of hydrogen-bond donors (Lipinski definition) is 2. The molecule has 0 bridgehead atoms. The minimum absolute atomic E-state index is 0.230. The Morgan fingerprint density at radius 3 is 2.95 bits per heavy atom. The summed E-state index contributed by atoms with van der Waals surface area (Å²) in [7, 11) is 1.72. The summed E-state index contributed by atoms with van der Waals surface area (Å²) in [6, 6.07) is 5.60. The Kier molecular flexibility index (Phi) is 2.90. The zero-order chi connectivity index (χ0) is 14.3. The average molecular weight is 287 g/mol. The van der Waals surface area contributed by atoms with Crippen LogP contribution in [0.3, 0.4) is 0 Å². The third-order valence-electron chi connectivity index (χ3n) is 2.83. The SMILES string of the molecule is Cc1nc2ccc(NC(=O)c3nn(C)cc3N)cc2s1. The third-order valence-corrected chi connectivity index (χ3v) is 3.76. The lowest BCUT2D eigenvalue weighted by Crippen LogP contribution is -2.14. The monoisotopic (exact) mass is 287 g/mol. The van der Waals surface area contributed by atoms with Gasteiger partial charge in [-0.05, 0) is 25.1 Å². The molecule has 1 aromatic carbocycles. The first-order valence-electron chi connectivity index (χ1n) is 6.00. The molecule has 0 atom stereocenters. The highest BCUT2D eigenvalue weighted by Gasteiger charge is 2.14. The van der Waals surface area contributed by atoms with E-state index >= 15 is 0 Å². The second-order valence-corrected chi connectivity index (χ2v) is 5.71. The van der Waals surface area contributed by atoms with Crippen LogP contribution in [0.15, 0.2) is 24.4 Å². The van der Waals surface area contributed by atoms with Crippen LogP contribution in [0.4, 0.5) is 11.4 Å². The summed E-state index contributed by atoms with van der Waals surface area (Å²) in [5.74, 6) is -0.316. The first-order chi connectivity index (χ1) is 9.52. The van der Waals surface area contributed by atoms with E-state index in [1.54, 1.807) is 24.6 Å². The second kappa shape index (κ2) is 4.61. The van der Waals surface area contributed by atoms with Gasteiger partial charge in [0.2, 0.25) is 0 Å². The van der Waals surface area contributed by atoms with E-state index in [0.29, 0.717) is 11.4 Å². The largest absolute Gasteiger partial charge is 0.396 e. The fourth-order valence-corrected chi connectivity index (χ4v) is 2.86. The van der Waals surface area contributed by atoms with Crippen LogP contribution in [-0.4, -0.2) is 20.7 Å². The summed E-state index contributed by atoms with van der Waals surface area (Å²) >= 11 is 1.59. The number of amides is 1. The van der Waals surface area contributed by atoms with Gasteiger partial charge < -0.3 is 11.1 Å². The van der Waals surface area contributed by atoms with Crippen molar-refractivity contribution in [2.75, 3.05) is 11.1 Å². The molecule has 0 aliphatic carbocycles. The van der Waals surface area contributed by atoms with E-state index in [2.05, 4.69) is 15.4 Å². The Bertz CT molecular complexity index is 804. The molecule has 3 rings (SSSR count). The van der Waals surface area contributed by atoms with E-state index in [0.717, 1.165) is 15.2 Å². The molecule has 0 spiro atoms. The molecule has 20 heavy (non-hydrogen) atoms. The molecule has 2 heterocycles. The predicted octanol–water partition coefficient (Wildman–Crippen LogP) is 2.17. The van der Waals surface area contributed by atoms with Gasteiger partial charge in [-0.15, -0.1) is 11.3 Å². The van der Waals surface area contributed by atoms with Crippen LogP contribution >= 0.6 is 11.3 Å². The van der Waals surface area contributed by atoms with E-state index in [1.165, 1.54) is 4.68 Å². The number of nitrogen functional groups attached to an aromatic ring is 1.